The number of unbranched alkanes of at least 4 members (excludes halogenated alkanes) is 21. The van der Waals surface area contributed by atoms with E-state index in [-0.39, 0.29) is 51.0 Å². The second kappa shape index (κ2) is 41.6. The van der Waals surface area contributed by atoms with Crippen LogP contribution in [0.25, 0.3) is 0 Å². The molecule has 0 aromatic rings. The maximum Gasteiger partial charge on any atom is 0.472 e. The molecule has 1 unspecified atom stereocenters. The summed E-state index contributed by atoms with van der Waals surface area (Å²) in [5.74, 6) is -1.37. The molecule has 0 aliphatic rings. The Kier molecular flexibility index (Phi) is 40.3. The fourth-order valence-corrected chi connectivity index (χ4v) is 7.48. The van der Waals surface area contributed by atoms with Gasteiger partial charge < -0.3 is 24.0 Å². The molecule has 0 aromatic carbocycles. The average Bonchev–Trinajstić information content (AvgIpc) is 3.19. The Hall–Kier alpha value is -1.78. The fourth-order valence-electron chi connectivity index (χ4n) is 6.73. The van der Waals surface area contributed by atoms with E-state index in [1.807, 2.05) is 14.1 Å². The minimum absolute atomic E-state index is 0.000377. The number of allylic oxidation sites excluding steroid dienone is 2. The summed E-state index contributed by atoms with van der Waals surface area (Å²) >= 11 is 0. The Morgan fingerprint density at radius 1 is 0.525 bits per heavy atom. The van der Waals surface area contributed by atoms with Crippen molar-refractivity contribution in [3.63, 3.8) is 0 Å². The predicted molar refractivity (Wildman–Crippen MR) is 239 cm³/mol. The fraction of sp³-hybridized carbons (Fsp3) is 0.894. The van der Waals surface area contributed by atoms with Crippen LogP contribution in [0.2, 0.25) is 0 Å². The van der Waals surface area contributed by atoms with Crippen LogP contribution in [0.5, 0.6) is 0 Å². The van der Waals surface area contributed by atoms with Crippen molar-refractivity contribution in [2.45, 2.75) is 232 Å². The zero-order chi connectivity index (χ0) is 43.7. The van der Waals surface area contributed by atoms with Crippen LogP contribution in [0.15, 0.2) is 12.2 Å². The van der Waals surface area contributed by atoms with Crippen LogP contribution in [0, 0.1) is 0 Å². The normalized spacial score (nSPS) is 13.3. The van der Waals surface area contributed by atoms with Crippen molar-refractivity contribution in [2.75, 3.05) is 40.5 Å². The summed E-state index contributed by atoms with van der Waals surface area (Å²) in [6.45, 7) is 6.34. The standard InChI is InChI=1S/C47H90NO10P/c1-6-9-12-15-18-19-20-21-22-23-24-25-26-29-32-36-45(49)54-41-44(42-56-59(52,53)55-40-39-48(4)5)58-47(51)38-33-37-46(50)57-43(34-30-27-16-13-10-7-2)35-31-28-17-14-11-8-3/h21-22,43-44H,6-20,23-42H2,1-5H3,(H,52,53)/p+1/b22-21-/t44-/m1/s1. The second-order valence-electron chi connectivity index (χ2n) is 16.8. The van der Waals surface area contributed by atoms with Gasteiger partial charge in [-0.3, -0.25) is 23.4 Å². The van der Waals surface area contributed by atoms with Crippen LogP contribution >= 0.6 is 7.82 Å². The first kappa shape index (κ1) is 57.2. The van der Waals surface area contributed by atoms with Crippen LogP contribution in [-0.4, -0.2) is 75.5 Å². The monoisotopic (exact) mass is 861 g/mol. The van der Waals surface area contributed by atoms with Gasteiger partial charge in [0.25, 0.3) is 0 Å². The molecule has 0 saturated heterocycles. The third-order valence-electron chi connectivity index (χ3n) is 10.5. The van der Waals surface area contributed by atoms with Crippen LogP contribution in [0.3, 0.4) is 0 Å². The molecule has 11 nitrogen and oxygen atoms in total. The van der Waals surface area contributed by atoms with Gasteiger partial charge in [-0.2, -0.15) is 0 Å². The highest BCUT2D eigenvalue weighted by molar-refractivity contribution is 7.47. The number of phosphoric acid groups is 1. The van der Waals surface area contributed by atoms with E-state index in [0.29, 0.717) is 13.0 Å². The van der Waals surface area contributed by atoms with Crippen molar-refractivity contribution >= 4 is 25.7 Å². The number of ether oxygens (including phenoxy) is 3. The van der Waals surface area contributed by atoms with E-state index in [4.69, 9.17) is 23.3 Å². The molecule has 2 atom stereocenters. The first-order valence-corrected chi connectivity index (χ1v) is 25.6. The molecule has 0 saturated carbocycles. The lowest BCUT2D eigenvalue weighted by Gasteiger charge is -2.20. The zero-order valence-electron chi connectivity index (χ0n) is 38.6. The van der Waals surface area contributed by atoms with Gasteiger partial charge in [-0.05, 0) is 64.2 Å². The van der Waals surface area contributed by atoms with Crippen molar-refractivity contribution in [1.29, 1.82) is 0 Å². The molecule has 0 spiro atoms. The van der Waals surface area contributed by atoms with Gasteiger partial charge in [-0.1, -0.05) is 148 Å². The molecule has 59 heavy (non-hydrogen) atoms. The van der Waals surface area contributed by atoms with E-state index in [1.54, 1.807) is 0 Å². The predicted octanol–water partition coefficient (Wildman–Crippen LogP) is 11.3. The molecule has 0 aliphatic heterocycles. The number of phosphoric ester groups is 1. The number of nitrogens with one attached hydrogen (secondary N) is 1. The van der Waals surface area contributed by atoms with Crippen molar-refractivity contribution < 1.29 is 52.0 Å². The van der Waals surface area contributed by atoms with Crippen LogP contribution in [0.4, 0.5) is 0 Å². The molecule has 0 aliphatic carbocycles. The van der Waals surface area contributed by atoms with Gasteiger partial charge in [-0.25, -0.2) is 4.57 Å². The highest BCUT2D eigenvalue weighted by Gasteiger charge is 2.26. The molecular formula is C47H91NO10P+. The van der Waals surface area contributed by atoms with Crippen LogP contribution < -0.4 is 4.90 Å². The molecule has 0 rings (SSSR count). The highest BCUT2D eigenvalue weighted by Crippen LogP contribution is 2.43. The Bertz CT molecular complexity index is 1060. The van der Waals surface area contributed by atoms with Crippen molar-refractivity contribution in [3.05, 3.63) is 12.2 Å². The Labute approximate surface area is 361 Å². The largest absolute Gasteiger partial charge is 0.472 e. The van der Waals surface area contributed by atoms with E-state index in [0.717, 1.165) is 75.5 Å². The summed E-state index contributed by atoms with van der Waals surface area (Å²) < 4.78 is 39.5. The maximum atomic E-state index is 12.9. The van der Waals surface area contributed by atoms with Crippen LogP contribution in [-0.2, 0) is 42.2 Å². The van der Waals surface area contributed by atoms with Crippen molar-refractivity contribution in [2.24, 2.45) is 0 Å². The first-order valence-electron chi connectivity index (χ1n) is 24.1. The summed E-state index contributed by atoms with van der Waals surface area (Å²) in [4.78, 5) is 49.5. The smallest absolute Gasteiger partial charge is 0.462 e. The van der Waals surface area contributed by atoms with Crippen LogP contribution in [0.1, 0.15) is 220 Å². The van der Waals surface area contributed by atoms with Gasteiger partial charge in [0.05, 0.1) is 20.7 Å². The Morgan fingerprint density at radius 3 is 1.44 bits per heavy atom. The molecule has 0 radical (unpaired) electrons. The summed E-state index contributed by atoms with van der Waals surface area (Å²) in [6, 6.07) is 0. The number of carbonyl (C=O) groups excluding carboxylic acids is 3. The number of hydrogen-bond acceptors (Lipinski definition) is 9. The van der Waals surface area contributed by atoms with Gasteiger partial charge in [0.15, 0.2) is 6.10 Å². The number of rotatable bonds is 44. The average molecular weight is 861 g/mol. The summed E-state index contributed by atoms with van der Waals surface area (Å²) in [6.07, 6.45) is 34.9. The molecule has 348 valence electrons. The van der Waals surface area contributed by atoms with E-state index < -0.39 is 32.5 Å². The maximum absolute atomic E-state index is 12.9. The second-order valence-corrected chi connectivity index (χ2v) is 18.2. The molecule has 0 bridgehead atoms. The first-order chi connectivity index (χ1) is 28.5. The number of likely N-dealkylation sites (N-methyl/N-ethyl adjacent to an activating group) is 1. The van der Waals surface area contributed by atoms with Gasteiger partial charge in [0.1, 0.15) is 25.9 Å². The highest BCUT2D eigenvalue weighted by atomic mass is 31.2. The summed E-state index contributed by atoms with van der Waals surface area (Å²) in [5, 5.41) is 0. The topological polar surface area (TPSA) is 139 Å². The number of hydrogen-bond donors (Lipinski definition) is 2. The van der Waals surface area contributed by atoms with E-state index in [2.05, 4.69) is 32.9 Å². The quantitative estimate of drug-likeness (QED) is 0.0200. The lowest BCUT2D eigenvalue weighted by Crippen LogP contribution is -3.06. The lowest BCUT2D eigenvalue weighted by molar-refractivity contribution is -0.858. The number of quaternary nitrogens is 1. The minimum Gasteiger partial charge on any atom is -0.462 e. The Morgan fingerprint density at radius 2 is 0.949 bits per heavy atom. The Balaban J connectivity index is 4.79. The SMILES string of the molecule is CCCCCCCC/C=C\CCCCCCCC(=O)OC[C@H](COP(=O)(O)OCC[NH+](C)C)OC(=O)CCCC(=O)OC(CCCCCCCC)CCCCCCCC. The molecular weight excluding hydrogens is 769 g/mol. The molecule has 12 heteroatoms. The van der Waals surface area contributed by atoms with Gasteiger partial charge >= 0.3 is 25.7 Å². The third-order valence-corrected chi connectivity index (χ3v) is 11.5. The molecule has 0 aromatic heterocycles. The van der Waals surface area contributed by atoms with Crippen molar-refractivity contribution in [1.82, 2.24) is 0 Å². The molecule has 0 fully saturated rings. The minimum atomic E-state index is -4.43. The molecule has 2 N–H and O–H groups in total. The van der Waals surface area contributed by atoms with Crippen molar-refractivity contribution in [3.8, 4) is 0 Å². The van der Waals surface area contributed by atoms with Gasteiger partial charge in [0.2, 0.25) is 0 Å². The number of carbonyl (C=O) groups is 3. The zero-order valence-corrected chi connectivity index (χ0v) is 39.5. The summed E-state index contributed by atoms with van der Waals surface area (Å²) in [7, 11) is -0.655. The third kappa shape index (κ3) is 41.4. The number of esters is 3. The van der Waals surface area contributed by atoms with E-state index in [1.165, 1.54) is 96.3 Å². The summed E-state index contributed by atoms with van der Waals surface area (Å²) in [5.41, 5.74) is 0. The van der Waals surface area contributed by atoms with Gasteiger partial charge in [0, 0.05) is 19.3 Å². The van der Waals surface area contributed by atoms with E-state index in [9.17, 15) is 23.8 Å². The van der Waals surface area contributed by atoms with E-state index >= 15 is 0 Å². The molecule has 0 heterocycles. The molecule has 0 amide bonds. The lowest BCUT2D eigenvalue weighted by atomic mass is 10.0. The van der Waals surface area contributed by atoms with Gasteiger partial charge in [-0.15, -0.1) is 0 Å².